The summed E-state index contributed by atoms with van der Waals surface area (Å²) in [6.45, 7) is 4.98. The number of anilines is 1. The number of urea groups is 1. The average Bonchev–Trinajstić information content (AvgIpc) is 3.09. The minimum atomic E-state index is -0.448. The molecule has 0 aliphatic carbocycles. The molecule has 2 aliphatic heterocycles. The van der Waals surface area contributed by atoms with Gasteiger partial charge in [0.15, 0.2) is 0 Å². The number of hydrogen-bond donors (Lipinski definition) is 1. The normalized spacial score (nSPS) is 22.3. The molecule has 22 heavy (non-hydrogen) atoms. The molecule has 0 saturated carbocycles. The minimum Gasteiger partial charge on any atom is -0.324 e. The van der Waals surface area contributed by atoms with E-state index in [-0.39, 0.29) is 11.1 Å². The van der Waals surface area contributed by atoms with Crippen LogP contribution < -0.4 is 5.32 Å². The Morgan fingerprint density at radius 1 is 1.27 bits per heavy atom. The molecule has 2 heterocycles. The number of amides is 2. The van der Waals surface area contributed by atoms with E-state index >= 15 is 0 Å². The predicted octanol–water partition coefficient (Wildman–Crippen LogP) is 3.43. The van der Waals surface area contributed by atoms with Crippen molar-refractivity contribution < 1.29 is 9.18 Å². The molecule has 1 N–H and O–H groups in total. The molecule has 2 aliphatic rings. The Balaban J connectivity index is 1.52. The summed E-state index contributed by atoms with van der Waals surface area (Å²) in [5.74, 6) is 0.0936. The van der Waals surface area contributed by atoms with E-state index in [2.05, 4.69) is 10.2 Å². The molecule has 3 rings (SSSR count). The van der Waals surface area contributed by atoms with Gasteiger partial charge in [0, 0.05) is 30.3 Å². The Morgan fingerprint density at radius 3 is 2.77 bits per heavy atom. The van der Waals surface area contributed by atoms with Crippen LogP contribution in [0.3, 0.4) is 0 Å². The van der Waals surface area contributed by atoms with Gasteiger partial charge in [-0.15, -0.1) is 0 Å². The highest BCUT2D eigenvalue weighted by Crippen LogP contribution is 2.22. The summed E-state index contributed by atoms with van der Waals surface area (Å²) in [4.78, 5) is 16.5. The van der Waals surface area contributed by atoms with E-state index in [0.717, 1.165) is 26.1 Å². The van der Waals surface area contributed by atoms with Crippen molar-refractivity contribution in [3.8, 4) is 0 Å². The van der Waals surface area contributed by atoms with Crippen LogP contribution in [0.2, 0.25) is 5.02 Å². The van der Waals surface area contributed by atoms with Crippen LogP contribution in [0.4, 0.5) is 14.9 Å². The van der Waals surface area contributed by atoms with Gasteiger partial charge in [-0.3, -0.25) is 0 Å². The van der Waals surface area contributed by atoms with E-state index in [1.54, 1.807) is 11.0 Å². The van der Waals surface area contributed by atoms with Crippen LogP contribution in [0.15, 0.2) is 18.2 Å². The highest BCUT2D eigenvalue weighted by Gasteiger charge is 2.28. The van der Waals surface area contributed by atoms with Gasteiger partial charge in [-0.25, -0.2) is 9.18 Å². The molecule has 2 fully saturated rings. The Labute approximate surface area is 135 Å². The Hall–Kier alpha value is -1.33. The number of likely N-dealkylation sites (tertiary alicyclic amines) is 2. The second-order valence-corrected chi connectivity index (χ2v) is 6.63. The fourth-order valence-electron chi connectivity index (χ4n) is 3.33. The SMILES string of the molecule is O=C(Nc1cc(F)cc(Cl)c1)N1CC[C@@H](CN2CCCC2)C1. The highest BCUT2D eigenvalue weighted by molar-refractivity contribution is 6.30. The zero-order chi connectivity index (χ0) is 15.5. The zero-order valence-electron chi connectivity index (χ0n) is 12.5. The van der Waals surface area contributed by atoms with Crippen molar-refractivity contribution in [3.63, 3.8) is 0 Å². The maximum Gasteiger partial charge on any atom is 0.321 e. The van der Waals surface area contributed by atoms with Gasteiger partial charge in [0.25, 0.3) is 0 Å². The summed E-state index contributed by atoms with van der Waals surface area (Å²) in [6.07, 6.45) is 3.61. The van der Waals surface area contributed by atoms with Gasteiger partial charge in [0.05, 0.1) is 0 Å². The van der Waals surface area contributed by atoms with Gasteiger partial charge in [0.2, 0.25) is 0 Å². The fraction of sp³-hybridized carbons (Fsp3) is 0.562. The van der Waals surface area contributed by atoms with Crippen molar-refractivity contribution in [1.29, 1.82) is 0 Å². The lowest BCUT2D eigenvalue weighted by Gasteiger charge is -2.21. The predicted molar refractivity (Wildman–Crippen MR) is 85.8 cm³/mol. The summed E-state index contributed by atoms with van der Waals surface area (Å²) in [7, 11) is 0. The molecular formula is C16H21ClFN3O. The number of halogens is 2. The van der Waals surface area contributed by atoms with Crippen molar-refractivity contribution in [1.82, 2.24) is 9.80 Å². The van der Waals surface area contributed by atoms with Crippen molar-refractivity contribution in [2.45, 2.75) is 19.3 Å². The highest BCUT2D eigenvalue weighted by atomic mass is 35.5. The summed E-state index contributed by atoms with van der Waals surface area (Å²) >= 11 is 5.80. The quantitative estimate of drug-likeness (QED) is 0.924. The summed E-state index contributed by atoms with van der Waals surface area (Å²) < 4.78 is 13.3. The average molecular weight is 326 g/mol. The summed E-state index contributed by atoms with van der Waals surface area (Å²) in [6, 6.07) is 3.88. The first kappa shape index (κ1) is 15.6. The zero-order valence-corrected chi connectivity index (χ0v) is 13.3. The van der Waals surface area contributed by atoms with Crippen LogP contribution in [0.5, 0.6) is 0 Å². The standard InChI is InChI=1S/C16H21ClFN3O/c17-13-7-14(18)9-15(8-13)19-16(22)21-6-3-12(11-21)10-20-4-1-2-5-20/h7-9,12H,1-6,10-11H2,(H,19,22)/t12-/m0/s1. The van der Waals surface area contributed by atoms with Gasteiger partial charge in [0.1, 0.15) is 5.82 Å². The van der Waals surface area contributed by atoms with E-state index < -0.39 is 5.82 Å². The maximum atomic E-state index is 13.3. The molecule has 1 aromatic rings. The van der Waals surface area contributed by atoms with Crippen LogP contribution in [0.1, 0.15) is 19.3 Å². The molecule has 0 spiro atoms. The lowest BCUT2D eigenvalue weighted by atomic mass is 10.1. The summed E-state index contributed by atoms with van der Waals surface area (Å²) in [5.41, 5.74) is 0.401. The third kappa shape index (κ3) is 3.90. The smallest absolute Gasteiger partial charge is 0.321 e. The number of nitrogens with zero attached hydrogens (tertiary/aromatic N) is 2. The molecular weight excluding hydrogens is 305 g/mol. The van der Waals surface area contributed by atoms with Gasteiger partial charge >= 0.3 is 6.03 Å². The largest absolute Gasteiger partial charge is 0.324 e. The first-order valence-electron chi connectivity index (χ1n) is 7.84. The first-order chi connectivity index (χ1) is 10.6. The number of carbonyl (C=O) groups excluding carboxylic acids is 1. The van der Waals surface area contributed by atoms with Crippen molar-refractivity contribution in [3.05, 3.63) is 29.0 Å². The number of hydrogen-bond acceptors (Lipinski definition) is 2. The Bertz CT molecular complexity index is 528. The van der Waals surface area contributed by atoms with Gasteiger partial charge in [-0.1, -0.05) is 11.6 Å². The number of benzene rings is 1. The maximum absolute atomic E-state index is 13.3. The van der Waals surface area contributed by atoms with Gasteiger partial charge in [-0.2, -0.15) is 0 Å². The molecule has 0 unspecified atom stereocenters. The van der Waals surface area contributed by atoms with Crippen molar-refractivity contribution >= 4 is 23.3 Å². The van der Waals surface area contributed by atoms with E-state index in [9.17, 15) is 9.18 Å². The Kier molecular flexibility index (Phi) is 4.84. The number of nitrogens with one attached hydrogen (secondary N) is 1. The van der Waals surface area contributed by atoms with Crippen LogP contribution in [-0.2, 0) is 0 Å². The van der Waals surface area contributed by atoms with Crippen molar-refractivity contribution in [2.75, 3.05) is 38.0 Å². The van der Waals surface area contributed by atoms with Crippen LogP contribution in [0.25, 0.3) is 0 Å². The van der Waals surface area contributed by atoms with E-state index in [1.807, 2.05) is 0 Å². The molecule has 0 bridgehead atoms. The van der Waals surface area contributed by atoms with Crippen molar-refractivity contribution in [2.24, 2.45) is 5.92 Å². The summed E-state index contributed by atoms with van der Waals surface area (Å²) in [5, 5.41) is 3.01. The fourth-order valence-corrected chi connectivity index (χ4v) is 3.55. The molecule has 0 radical (unpaired) electrons. The third-order valence-electron chi connectivity index (χ3n) is 4.40. The van der Waals surface area contributed by atoms with E-state index in [0.29, 0.717) is 11.6 Å². The molecule has 6 heteroatoms. The molecule has 2 saturated heterocycles. The third-order valence-corrected chi connectivity index (χ3v) is 4.62. The Morgan fingerprint density at radius 2 is 2.05 bits per heavy atom. The molecule has 1 atom stereocenters. The number of carbonyl (C=O) groups is 1. The molecule has 0 aromatic heterocycles. The first-order valence-corrected chi connectivity index (χ1v) is 8.22. The lowest BCUT2D eigenvalue weighted by Crippen LogP contribution is -2.34. The molecule has 1 aromatic carbocycles. The van der Waals surface area contributed by atoms with E-state index in [4.69, 9.17) is 11.6 Å². The second kappa shape index (κ2) is 6.84. The van der Waals surface area contributed by atoms with Crippen LogP contribution in [0, 0.1) is 11.7 Å². The number of rotatable bonds is 3. The monoisotopic (exact) mass is 325 g/mol. The second-order valence-electron chi connectivity index (χ2n) is 6.20. The minimum absolute atomic E-state index is 0.175. The van der Waals surface area contributed by atoms with Gasteiger partial charge in [-0.05, 0) is 56.5 Å². The van der Waals surface area contributed by atoms with E-state index in [1.165, 1.54) is 38.1 Å². The topological polar surface area (TPSA) is 35.6 Å². The van der Waals surface area contributed by atoms with Gasteiger partial charge < -0.3 is 15.1 Å². The molecule has 4 nitrogen and oxygen atoms in total. The molecule has 2 amide bonds. The lowest BCUT2D eigenvalue weighted by molar-refractivity contribution is 0.217. The molecule has 120 valence electrons. The van der Waals surface area contributed by atoms with Crippen LogP contribution >= 0.6 is 11.6 Å². The van der Waals surface area contributed by atoms with Crippen LogP contribution in [-0.4, -0.2) is 48.6 Å².